The Balaban J connectivity index is 1.65. The van der Waals surface area contributed by atoms with Crippen molar-refractivity contribution < 1.29 is 29.3 Å². The van der Waals surface area contributed by atoms with Gasteiger partial charge in [0.2, 0.25) is 0 Å². The zero-order valence-corrected chi connectivity index (χ0v) is 17.8. The summed E-state index contributed by atoms with van der Waals surface area (Å²) in [7, 11) is 0. The number of ketones is 2. The van der Waals surface area contributed by atoms with E-state index in [0.717, 1.165) is 18.4 Å². The maximum Gasteiger partial charge on any atom is 0.303 e. The molecule has 4 rings (SSSR count). The van der Waals surface area contributed by atoms with Gasteiger partial charge in [-0.1, -0.05) is 30.2 Å². The second-order valence-corrected chi connectivity index (χ2v) is 9.81. The Morgan fingerprint density at radius 1 is 1.30 bits per heavy atom. The number of aliphatic hydroxyl groups excluding tert-OH is 1. The topological polar surface area (TPSA) is 101 Å². The van der Waals surface area contributed by atoms with Crippen molar-refractivity contribution in [3.8, 4) is 0 Å². The minimum Gasteiger partial charge on any atom is -0.458 e. The van der Waals surface area contributed by atoms with Gasteiger partial charge >= 0.3 is 5.97 Å². The first-order valence-electron chi connectivity index (χ1n) is 10.7. The van der Waals surface area contributed by atoms with Crippen molar-refractivity contribution in [3.63, 3.8) is 0 Å². The number of carbonyl (C=O) groups is 3. The van der Waals surface area contributed by atoms with Gasteiger partial charge in [-0.3, -0.25) is 14.4 Å². The quantitative estimate of drug-likeness (QED) is 0.541. The van der Waals surface area contributed by atoms with Crippen LogP contribution in [0.1, 0.15) is 52.9 Å². The number of rotatable bonds is 4. The summed E-state index contributed by atoms with van der Waals surface area (Å²) in [6, 6.07) is 0. The first-order chi connectivity index (χ1) is 14.0. The first-order valence-corrected chi connectivity index (χ1v) is 10.7. The molecular weight excluding hydrogens is 384 g/mol. The average molecular weight is 414 g/mol. The molecular formula is C24H30O6. The Bertz CT molecular complexity index is 897. The van der Waals surface area contributed by atoms with Crippen molar-refractivity contribution in [2.75, 3.05) is 6.61 Å². The third kappa shape index (κ3) is 2.95. The molecule has 4 aliphatic rings. The average Bonchev–Trinajstić information content (AvgIpc) is 2.87. The largest absolute Gasteiger partial charge is 0.458 e. The van der Waals surface area contributed by atoms with Gasteiger partial charge in [-0.25, -0.2) is 0 Å². The lowest BCUT2D eigenvalue weighted by molar-refractivity contribution is -0.157. The highest BCUT2D eigenvalue weighted by atomic mass is 16.5. The van der Waals surface area contributed by atoms with Gasteiger partial charge < -0.3 is 14.9 Å². The van der Waals surface area contributed by atoms with Crippen LogP contribution < -0.4 is 0 Å². The molecule has 2 fully saturated rings. The molecule has 6 atom stereocenters. The second kappa shape index (κ2) is 6.99. The predicted molar refractivity (Wildman–Crippen MR) is 109 cm³/mol. The van der Waals surface area contributed by atoms with Crippen LogP contribution in [0, 0.1) is 22.7 Å². The van der Waals surface area contributed by atoms with Crippen molar-refractivity contribution >= 4 is 17.5 Å². The van der Waals surface area contributed by atoms with E-state index in [4.69, 9.17) is 4.74 Å². The number of fused-ring (bicyclic) bond motifs is 5. The minimum atomic E-state index is -1.56. The van der Waals surface area contributed by atoms with Crippen LogP contribution in [-0.2, 0) is 19.1 Å². The molecule has 0 heterocycles. The van der Waals surface area contributed by atoms with E-state index in [9.17, 15) is 24.6 Å². The lowest BCUT2D eigenvalue weighted by Gasteiger charge is -2.53. The Morgan fingerprint density at radius 3 is 2.73 bits per heavy atom. The van der Waals surface area contributed by atoms with Crippen LogP contribution in [0.3, 0.4) is 0 Å². The molecule has 4 unspecified atom stereocenters. The third-order valence-electron chi connectivity index (χ3n) is 8.26. The summed E-state index contributed by atoms with van der Waals surface area (Å²) in [5, 5.41) is 22.4. The molecule has 6 heteroatoms. The molecule has 0 amide bonds. The highest BCUT2D eigenvalue weighted by Gasteiger charge is 2.65. The van der Waals surface area contributed by atoms with Crippen LogP contribution in [0.5, 0.6) is 0 Å². The minimum absolute atomic E-state index is 0.0270. The van der Waals surface area contributed by atoms with E-state index < -0.39 is 28.9 Å². The molecule has 4 aliphatic carbocycles. The molecule has 2 N–H and O–H groups in total. The Hall–Kier alpha value is -2.05. The monoisotopic (exact) mass is 414 g/mol. The summed E-state index contributed by atoms with van der Waals surface area (Å²) in [5.74, 6) is -0.702. The van der Waals surface area contributed by atoms with Gasteiger partial charge in [0.15, 0.2) is 11.6 Å². The van der Waals surface area contributed by atoms with E-state index in [1.807, 2.05) is 13.0 Å². The highest BCUT2D eigenvalue weighted by molar-refractivity contribution is 6.01. The molecule has 0 saturated heterocycles. The zero-order chi connectivity index (χ0) is 21.9. The highest BCUT2D eigenvalue weighted by Crippen LogP contribution is 2.65. The van der Waals surface area contributed by atoms with Gasteiger partial charge in [0.1, 0.15) is 12.2 Å². The molecule has 0 spiro atoms. The van der Waals surface area contributed by atoms with Crippen molar-refractivity contribution in [2.45, 2.75) is 64.6 Å². The van der Waals surface area contributed by atoms with Gasteiger partial charge in [0.25, 0.3) is 0 Å². The number of esters is 1. The smallest absolute Gasteiger partial charge is 0.303 e. The predicted octanol–water partition coefficient (Wildman–Crippen LogP) is 2.44. The number of allylic oxidation sites excluding steroid dienone is 6. The van der Waals surface area contributed by atoms with E-state index >= 15 is 0 Å². The van der Waals surface area contributed by atoms with Crippen molar-refractivity contribution in [1.82, 2.24) is 0 Å². The van der Waals surface area contributed by atoms with E-state index in [1.54, 1.807) is 12.2 Å². The summed E-state index contributed by atoms with van der Waals surface area (Å²) in [4.78, 5) is 35.3. The number of carbonyl (C=O) groups excluding carboxylic acids is 3. The normalized spacial score (nSPS) is 41.9. The molecule has 0 aliphatic heterocycles. The van der Waals surface area contributed by atoms with Crippen LogP contribution in [0.4, 0.5) is 0 Å². The second-order valence-electron chi connectivity index (χ2n) is 9.81. The molecule has 0 bridgehead atoms. The summed E-state index contributed by atoms with van der Waals surface area (Å²) < 4.78 is 4.80. The van der Waals surface area contributed by atoms with Crippen molar-refractivity contribution in [1.29, 1.82) is 0 Å². The lowest BCUT2D eigenvalue weighted by Crippen LogP contribution is -2.55. The molecule has 0 aromatic heterocycles. The third-order valence-corrected chi connectivity index (χ3v) is 8.26. The van der Waals surface area contributed by atoms with E-state index in [-0.39, 0.29) is 36.1 Å². The summed E-state index contributed by atoms with van der Waals surface area (Å²) in [6.07, 6.45) is 8.91. The molecule has 30 heavy (non-hydrogen) atoms. The fourth-order valence-corrected chi connectivity index (χ4v) is 6.48. The summed E-state index contributed by atoms with van der Waals surface area (Å²) >= 11 is 0. The molecule has 162 valence electrons. The van der Waals surface area contributed by atoms with Crippen LogP contribution in [0.25, 0.3) is 0 Å². The fraction of sp³-hybridized carbons (Fsp3) is 0.625. The summed E-state index contributed by atoms with van der Waals surface area (Å²) in [5.41, 5.74) is -0.125. The fourth-order valence-electron chi connectivity index (χ4n) is 6.48. The van der Waals surface area contributed by atoms with Gasteiger partial charge in [0.05, 0.1) is 6.10 Å². The van der Waals surface area contributed by atoms with Crippen molar-refractivity contribution in [3.05, 3.63) is 35.5 Å². The SMILES string of the molecule is CC(=O)OCC(=O)C[C@]1(O)[C@H](O)CC2C3CCC4=CC(=O)C=CC4(C)C3=CCC21C. The summed E-state index contributed by atoms with van der Waals surface area (Å²) in [6.45, 7) is 4.95. The maximum absolute atomic E-state index is 12.4. The van der Waals surface area contributed by atoms with E-state index in [0.29, 0.717) is 12.8 Å². The van der Waals surface area contributed by atoms with Crippen molar-refractivity contribution in [2.24, 2.45) is 22.7 Å². The van der Waals surface area contributed by atoms with Gasteiger partial charge in [-0.15, -0.1) is 0 Å². The molecule has 0 aromatic carbocycles. The van der Waals surface area contributed by atoms with Crippen LogP contribution in [0.2, 0.25) is 0 Å². The number of hydrogen-bond donors (Lipinski definition) is 2. The van der Waals surface area contributed by atoms with Gasteiger partial charge in [-0.05, 0) is 56.6 Å². The van der Waals surface area contributed by atoms with Gasteiger partial charge in [-0.2, -0.15) is 0 Å². The number of hydrogen-bond acceptors (Lipinski definition) is 6. The number of Topliss-reactive ketones (excluding diaryl/α,β-unsaturated/α-hetero) is 1. The maximum atomic E-state index is 12.4. The van der Waals surface area contributed by atoms with Crippen LogP contribution >= 0.6 is 0 Å². The Morgan fingerprint density at radius 2 is 2.03 bits per heavy atom. The molecule has 6 nitrogen and oxygen atoms in total. The van der Waals surface area contributed by atoms with Gasteiger partial charge in [0, 0.05) is 24.2 Å². The standard InChI is InChI=1S/C24H30O6/c1-14(25)30-13-17(27)12-24(29)21(28)11-20-18-5-4-15-10-16(26)6-8-22(15,2)19(18)7-9-23(20,24)3/h6-8,10,18,20-21,28-29H,4-5,9,11-13H2,1-3H3/t18?,20?,21-,22?,23?,24+/m1/s1. The molecule has 0 aromatic rings. The van der Waals surface area contributed by atoms with Crippen LogP contribution in [-0.4, -0.2) is 46.1 Å². The molecule has 2 saturated carbocycles. The first kappa shape index (κ1) is 21.2. The number of aliphatic hydroxyl groups is 2. The Kier molecular flexibility index (Phi) is 4.94. The van der Waals surface area contributed by atoms with E-state index in [2.05, 4.69) is 13.0 Å². The van der Waals surface area contributed by atoms with Crippen LogP contribution in [0.15, 0.2) is 35.5 Å². The number of ether oxygens (including phenoxy) is 1. The lowest BCUT2D eigenvalue weighted by atomic mass is 9.51. The zero-order valence-electron chi connectivity index (χ0n) is 17.8. The molecule has 0 radical (unpaired) electrons. The van der Waals surface area contributed by atoms with E-state index in [1.165, 1.54) is 12.5 Å². The Labute approximate surface area is 176 Å².